The molecule has 1 aromatic heterocycles. The molecule has 1 aromatic rings. The predicted molar refractivity (Wildman–Crippen MR) is 84.0 cm³/mol. The lowest BCUT2D eigenvalue weighted by molar-refractivity contribution is -0.136. The average Bonchev–Trinajstić information content (AvgIpc) is 3.24. The van der Waals surface area contributed by atoms with Gasteiger partial charge >= 0.3 is 5.97 Å². The normalized spacial score (nSPS) is 20.4. The maximum absolute atomic E-state index is 11.0. The Bertz CT molecular complexity index is 488. The molecule has 1 saturated heterocycles. The van der Waals surface area contributed by atoms with Gasteiger partial charge in [0.1, 0.15) is 0 Å². The van der Waals surface area contributed by atoms with Crippen molar-refractivity contribution in [1.82, 2.24) is 9.88 Å². The van der Waals surface area contributed by atoms with Gasteiger partial charge in [-0.15, -0.1) is 11.3 Å². The zero-order valence-corrected chi connectivity index (χ0v) is 13.3. The fourth-order valence-electron chi connectivity index (χ4n) is 3.07. The summed E-state index contributed by atoms with van der Waals surface area (Å²) in [6, 6.07) is 0. The van der Waals surface area contributed by atoms with Crippen LogP contribution in [0.1, 0.15) is 60.0 Å². The average molecular weight is 308 g/mol. The topological polar surface area (TPSA) is 53.4 Å². The van der Waals surface area contributed by atoms with Gasteiger partial charge in [-0.2, -0.15) is 0 Å². The number of aliphatic carboxylic acids is 1. The molecule has 1 saturated carbocycles. The summed E-state index contributed by atoms with van der Waals surface area (Å²) >= 11 is 1.63. The first-order valence-corrected chi connectivity index (χ1v) is 8.96. The second kappa shape index (κ2) is 6.88. The van der Waals surface area contributed by atoms with E-state index in [0.29, 0.717) is 5.92 Å². The maximum atomic E-state index is 11.0. The number of carbonyl (C=O) groups is 1. The van der Waals surface area contributed by atoms with Gasteiger partial charge in [0, 0.05) is 23.8 Å². The molecule has 21 heavy (non-hydrogen) atoms. The molecule has 0 atom stereocenters. The number of nitrogens with zero attached hydrogens (tertiary/aromatic N) is 2. The summed E-state index contributed by atoms with van der Waals surface area (Å²) in [7, 11) is 0. The minimum atomic E-state index is -0.736. The van der Waals surface area contributed by atoms with Gasteiger partial charge in [0.25, 0.3) is 0 Å². The lowest BCUT2D eigenvalue weighted by Crippen LogP contribution is -2.26. The molecule has 4 nitrogen and oxygen atoms in total. The van der Waals surface area contributed by atoms with Crippen molar-refractivity contribution >= 4 is 17.3 Å². The van der Waals surface area contributed by atoms with Crippen LogP contribution in [0.5, 0.6) is 0 Å². The lowest BCUT2D eigenvalue weighted by Gasteiger charge is -2.18. The Labute approximate surface area is 130 Å². The zero-order chi connectivity index (χ0) is 14.7. The van der Waals surface area contributed by atoms with Gasteiger partial charge in [0.15, 0.2) is 0 Å². The van der Waals surface area contributed by atoms with Gasteiger partial charge in [-0.05, 0) is 38.8 Å². The van der Waals surface area contributed by atoms with E-state index in [0.717, 1.165) is 28.5 Å². The fourth-order valence-corrected chi connectivity index (χ4v) is 4.21. The van der Waals surface area contributed by atoms with E-state index in [1.165, 1.54) is 51.6 Å². The first-order valence-electron chi connectivity index (χ1n) is 8.15. The van der Waals surface area contributed by atoms with E-state index < -0.39 is 5.97 Å². The van der Waals surface area contributed by atoms with E-state index in [9.17, 15) is 4.79 Å². The Morgan fingerprint density at radius 2 is 1.95 bits per heavy atom. The molecule has 3 rings (SSSR count). The Kier molecular flexibility index (Phi) is 4.91. The zero-order valence-electron chi connectivity index (χ0n) is 12.5. The Balaban J connectivity index is 1.60. The van der Waals surface area contributed by atoms with Crippen LogP contribution in [0.2, 0.25) is 0 Å². The van der Waals surface area contributed by atoms with Crippen molar-refractivity contribution in [2.24, 2.45) is 0 Å². The minimum Gasteiger partial charge on any atom is -0.481 e. The Morgan fingerprint density at radius 1 is 1.24 bits per heavy atom. The van der Waals surface area contributed by atoms with Crippen LogP contribution in [0.15, 0.2) is 0 Å². The van der Waals surface area contributed by atoms with Crippen molar-refractivity contribution in [2.45, 2.75) is 57.3 Å². The van der Waals surface area contributed by atoms with Gasteiger partial charge in [-0.1, -0.05) is 12.8 Å². The summed E-state index contributed by atoms with van der Waals surface area (Å²) < 4.78 is 0. The van der Waals surface area contributed by atoms with E-state index in [2.05, 4.69) is 4.90 Å². The maximum Gasteiger partial charge on any atom is 0.308 e. The highest BCUT2D eigenvalue weighted by Crippen LogP contribution is 2.42. The third-order valence-corrected chi connectivity index (χ3v) is 5.52. The number of carboxylic acids is 1. The fraction of sp³-hybridized carbons (Fsp3) is 0.750. The third-order valence-electron chi connectivity index (χ3n) is 4.39. The predicted octanol–water partition coefficient (Wildman–Crippen LogP) is 3.07. The quantitative estimate of drug-likeness (QED) is 0.877. The van der Waals surface area contributed by atoms with Crippen molar-refractivity contribution in [3.63, 3.8) is 0 Å². The molecule has 0 spiro atoms. The molecule has 2 heterocycles. The van der Waals surface area contributed by atoms with Crippen LogP contribution in [0.4, 0.5) is 0 Å². The standard InChI is InChI=1S/C16H24N2O2S/c19-15(20)11-13-16(12-5-6-12)17-14(21-13)7-10-18-8-3-1-2-4-9-18/h12H,1-11H2,(H,19,20). The molecule has 0 amide bonds. The van der Waals surface area contributed by atoms with Crippen molar-refractivity contribution in [2.75, 3.05) is 19.6 Å². The van der Waals surface area contributed by atoms with Crippen molar-refractivity contribution < 1.29 is 9.90 Å². The largest absolute Gasteiger partial charge is 0.481 e. The molecule has 2 fully saturated rings. The van der Waals surface area contributed by atoms with Crippen LogP contribution in [-0.2, 0) is 17.6 Å². The summed E-state index contributed by atoms with van der Waals surface area (Å²) in [4.78, 5) is 19.3. The number of hydrogen-bond acceptors (Lipinski definition) is 4. The van der Waals surface area contributed by atoms with Gasteiger partial charge in [-0.3, -0.25) is 4.79 Å². The molecule has 0 bridgehead atoms. The molecule has 1 aliphatic carbocycles. The number of thiazole rings is 1. The Hall–Kier alpha value is -0.940. The summed E-state index contributed by atoms with van der Waals surface area (Å²) in [5.74, 6) is -0.192. The summed E-state index contributed by atoms with van der Waals surface area (Å²) in [5.41, 5.74) is 1.09. The van der Waals surface area contributed by atoms with Gasteiger partial charge in [0.05, 0.1) is 17.1 Å². The molecule has 0 aromatic carbocycles. The first kappa shape index (κ1) is 15.0. The first-order chi connectivity index (χ1) is 10.2. The van der Waals surface area contributed by atoms with E-state index in [1.54, 1.807) is 11.3 Å². The van der Waals surface area contributed by atoms with Crippen LogP contribution in [0.3, 0.4) is 0 Å². The van der Waals surface area contributed by atoms with Crippen LogP contribution < -0.4 is 0 Å². The molecule has 0 unspecified atom stereocenters. The van der Waals surface area contributed by atoms with Crippen LogP contribution in [-0.4, -0.2) is 40.6 Å². The number of carboxylic acid groups (broad SMARTS) is 1. The van der Waals surface area contributed by atoms with E-state index in [4.69, 9.17) is 10.1 Å². The van der Waals surface area contributed by atoms with Crippen molar-refractivity contribution in [3.05, 3.63) is 15.6 Å². The number of hydrogen-bond donors (Lipinski definition) is 1. The van der Waals surface area contributed by atoms with Crippen LogP contribution >= 0.6 is 11.3 Å². The van der Waals surface area contributed by atoms with E-state index in [-0.39, 0.29) is 6.42 Å². The Morgan fingerprint density at radius 3 is 2.57 bits per heavy atom. The van der Waals surface area contributed by atoms with Gasteiger partial charge in [-0.25, -0.2) is 4.98 Å². The number of rotatable bonds is 6. The highest BCUT2D eigenvalue weighted by atomic mass is 32.1. The summed E-state index contributed by atoms with van der Waals surface area (Å²) in [6.45, 7) is 3.50. The molecule has 0 radical (unpaired) electrons. The van der Waals surface area contributed by atoms with Crippen molar-refractivity contribution in [3.8, 4) is 0 Å². The molecule has 2 aliphatic rings. The van der Waals surface area contributed by atoms with E-state index in [1.807, 2.05) is 0 Å². The summed E-state index contributed by atoms with van der Waals surface area (Å²) in [6.07, 6.45) is 8.84. The second-order valence-electron chi connectivity index (χ2n) is 6.27. The molecular weight excluding hydrogens is 284 g/mol. The molecule has 5 heteroatoms. The van der Waals surface area contributed by atoms with Crippen LogP contribution in [0.25, 0.3) is 0 Å². The monoisotopic (exact) mass is 308 g/mol. The smallest absolute Gasteiger partial charge is 0.308 e. The van der Waals surface area contributed by atoms with Crippen LogP contribution in [0, 0.1) is 0 Å². The molecular formula is C16H24N2O2S. The van der Waals surface area contributed by atoms with Gasteiger partial charge < -0.3 is 10.0 Å². The lowest BCUT2D eigenvalue weighted by atomic mass is 10.2. The molecule has 116 valence electrons. The number of likely N-dealkylation sites (tertiary alicyclic amines) is 1. The minimum absolute atomic E-state index is 0.146. The molecule has 1 aliphatic heterocycles. The molecule has 1 N–H and O–H groups in total. The third kappa shape index (κ3) is 4.27. The van der Waals surface area contributed by atoms with Gasteiger partial charge in [0.2, 0.25) is 0 Å². The SMILES string of the molecule is O=C(O)Cc1sc(CCN2CCCCCC2)nc1C1CC1. The summed E-state index contributed by atoms with van der Waals surface area (Å²) in [5, 5.41) is 10.2. The van der Waals surface area contributed by atoms with E-state index >= 15 is 0 Å². The highest BCUT2D eigenvalue weighted by Gasteiger charge is 2.30. The van der Waals surface area contributed by atoms with Crippen molar-refractivity contribution in [1.29, 1.82) is 0 Å². The highest BCUT2D eigenvalue weighted by molar-refractivity contribution is 7.11. The number of aromatic nitrogens is 1. The second-order valence-corrected chi connectivity index (χ2v) is 7.43.